The highest BCUT2D eigenvalue weighted by atomic mass is 32.1. The summed E-state index contributed by atoms with van der Waals surface area (Å²) in [6, 6.07) is 0.0424. The Morgan fingerprint density at radius 2 is 2.09 bits per heavy atom. The number of fused-ring (bicyclic) bond motifs is 1. The van der Waals surface area contributed by atoms with Crippen molar-refractivity contribution in [1.29, 1.82) is 0 Å². The van der Waals surface area contributed by atoms with E-state index in [1.807, 2.05) is 20.8 Å². The van der Waals surface area contributed by atoms with E-state index in [0.717, 1.165) is 22.5 Å². The van der Waals surface area contributed by atoms with Gasteiger partial charge >= 0.3 is 5.69 Å². The van der Waals surface area contributed by atoms with E-state index in [-0.39, 0.29) is 29.6 Å². The van der Waals surface area contributed by atoms with Gasteiger partial charge in [-0.2, -0.15) is 4.37 Å². The molecule has 0 bridgehead atoms. The number of aromatic nitrogens is 3. The number of hydrogen-bond acceptors (Lipinski definition) is 5. The molecule has 8 heteroatoms. The summed E-state index contributed by atoms with van der Waals surface area (Å²) >= 11 is 1.11. The molecule has 1 amide bonds. The fourth-order valence-corrected chi connectivity index (χ4v) is 2.84. The van der Waals surface area contributed by atoms with Crippen LogP contribution in [-0.4, -0.2) is 25.5 Å². The predicted molar refractivity (Wildman–Crippen MR) is 86.3 cm³/mol. The average molecular weight is 324 g/mol. The molecule has 0 fully saturated rings. The summed E-state index contributed by atoms with van der Waals surface area (Å²) in [6.45, 7) is 5.97. The van der Waals surface area contributed by atoms with Crippen molar-refractivity contribution in [1.82, 2.24) is 18.8 Å². The van der Waals surface area contributed by atoms with Crippen LogP contribution < -0.4 is 16.6 Å². The molecule has 0 saturated heterocycles. The number of amides is 1. The molecule has 2 rings (SSSR count). The van der Waals surface area contributed by atoms with Gasteiger partial charge in [0.1, 0.15) is 6.54 Å². The lowest BCUT2D eigenvalue weighted by Crippen LogP contribution is -2.43. The maximum absolute atomic E-state index is 12.5. The Bertz CT molecular complexity index is 789. The second kappa shape index (κ2) is 6.87. The van der Waals surface area contributed by atoms with Gasteiger partial charge in [-0.05, 0) is 31.3 Å². The van der Waals surface area contributed by atoms with Crippen LogP contribution in [0, 0.1) is 0 Å². The van der Waals surface area contributed by atoms with Crippen molar-refractivity contribution in [2.24, 2.45) is 0 Å². The van der Waals surface area contributed by atoms with E-state index in [2.05, 4.69) is 9.69 Å². The van der Waals surface area contributed by atoms with Crippen molar-refractivity contribution >= 4 is 28.5 Å². The van der Waals surface area contributed by atoms with E-state index in [0.29, 0.717) is 18.5 Å². The lowest BCUT2D eigenvalue weighted by molar-refractivity contribution is -0.122. The topological polar surface area (TPSA) is 86.0 Å². The first-order valence-electron chi connectivity index (χ1n) is 7.36. The minimum atomic E-state index is -0.459. The number of hydrogen-bond donors (Lipinski definition) is 1. The third-order valence-corrected chi connectivity index (χ3v) is 4.14. The lowest BCUT2D eigenvalue weighted by atomic mass is 10.2. The Balaban J connectivity index is 2.49. The molecule has 0 spiro atoms. The monoisotopic (exact) mass is 324 g/mol. The number of rotatable bonds is 6. The van der Waals surface area contributed by atoms with E-state index in [9.17, 15) is 14.4 Å². The smallest absolute Gasteiger partial charge is 0.332 e. The number of nitrogens with one attached hydrogen (secondary N) is 1. The van der Waals surface area contributed by atoms with Gasteiger partial charge < -0.3 is 5.32 Å². The molecular formula is C14H20N4O3S. The molecule has 1 atom stereocenters. The molecule has 0 aromatic carbocycles. The Kier molecular flexibility index (Phi) is 5.12. The van der Waals surface area contributed by atoms with Gasteiger partial charge in [0.15, 0.2) is 5.52 Å². The van der Waals surface area contributed by atoms with Crippen molar-refractivity contribution in [3.05, 3.63) is 26.2 Å². The predicted octanol–water partition coefficient (Wildman–Crippen LogP) is 0.944. The first kappa shape index (κ1) is 16.4. The van der Waals surface area contributed by atoms with Gasteiger partial charge in [0.2, 0.25) is 5.91 Å². The quantitative estimate of drug-likeness (QED) is 0.857. The van der Waals surface area contributed by atoms with E-state index < -0.39 is 5.69 Å². The molecule has 1 unspecified atom stereocenters. The summed E-state index contributed by atoms with van der Waals surface area (Å²) < 4.78 is 6.54. The molecule has 0 aliphatic rings. The van der Waals surface area contributed by atoms with Gasteiger partial charge in [-0.15, -0.1) is 0 Å². The lowest BCUT2D eigenvalue weighted by Gasteiger charge is -2.14. The van der Waals surface area contributed by atoms with Crippen molar-refractivity contribution in [2.45, 2.75) is 52.7 Å². The third kappa shape index (κ3) is 3.11. The highest BCUT2D eigenvalue weighted by Gasteiger charge is 2.17. The number of carbonyl (C=O) groups is 1. The molecule has 1 N–H and O–H groups in total. The third-order valence-electron chi connectivity index (χ3n) is 3.52. The van der Waals surface area contributed by atoms with Crippen molar-refractivity contribution in [3.63, 3.8) is 0 Å². The zero-order chi connectivity index (χ0) is 16.3. The van der Waals surface area contributed by atoms with Crippen LogP contribution in [0.25, 0.3) is 11.0 Å². The van der Waals surface area contributed by atoms with Crippen molar-refractivity contribution in [3.8, 4) is 0 Å². The largest absolute Gasteiger partial charge is 0.352 e. The van der Waals surface area contributed by atoms with E-state index in [1.165, 1.54) is 4.57 Å². The normalized spacial score (nSPS) is 12.5. The van der Waals surface area contributed by atoms with E-state index in [4.69, 9.17) is 0 Å². The molecule has 0 saturated carbocycles. The summed E-state index contributed by atoms with van der Waals surface area (Å²) in [6.07, 6.45) is 1.47. The Morgan fingerprint density at radius 1 is 1.36 bits per heavy atom. The van der Waals surface area contributed by atoms with Crippen LogP contribution in [0.3, 0.4) is 0 Å². The van der Waals surface area contributed by atoms with Gasteiger partial charge in [-0.25, -0.2) is 4.79 Å². The molecule has 120 valence electrons. The molecular weight excluding hydrogens is 304 g/mol. The molecule has 2 heterocycles. The second-order valence-corrected chi connectivity index (χ2v) is 5.88. The van der Waals surface area contributed by atoms with Crippen LogP contribution in [0.4, 0.5) is 0 Å². The van der Waals surface area contributed by atoms with Crippen molar-refractivity contribution in [2.75, 3.05) is 0 Å². The zero-order valence-electron chi connectivity index (χ0n) is 13.0. The number of nitrogens with zero attached hydrogens (tertiary/aromatic N) is 3. The fourth-order valence-electron chi connectivity index (χ4n) is 2.17. The molecule has 2 aromatic rings. The van der Waals surface area contributed by atoms with Crippen LogP contribution >= 0.6 is 11.5 Å². The Hall–Kier alpha value is -1.96. The summed E-state index contributed by atoms with van der Waals surface area (Å²) in [7, 11) is 0. The fraction of sp³-hybridized carbons (Fsp3) is 0.571. The average Bonchev–Trinajstić information content (AvgIpc) is 2.97. The summed E-state index contributed by atoms with van der Waals surface area (Å²) in [5.41, 5.74) is -0.179. The highest BCUT2D eigenvalue weighted by Crippen LogP contribution is 2.09. The van der Waals surface area contributed by atoms with Crippen LogP contribution in [0.2, 0.25) is 0 Å². The standard InChI is InChI=1S/C14H20N4O3S/c1-4-6-17-13(20)12-10(8-22-16-12)18(14(17)21)7-11(19)15-9(3)5-2/h8-9H,4-7H2,1-3H3,(H,15,19). The van der Waals surface area contributed by atoms with Crippen molar-refractivity contribution < 1.29 is 4.79 Å². The maximum atomic E-state index is 12.5. The minimum absolute atomic E-state index is 0.0424. The molecule has 22 heavy (non-hydrogen) atoms. The molecule has 7 nitrogen and oxygen atoms in total. The molecule has 0 aliphatic heterocycles. The van der Waals surface area contributed by atoms with E-state index >= 15 is 0 Å². The van der Waals surface area contributed by atoms with Gasteiger partial charge in [-0.1, -0.05) is 13.8 Å². The summed E-state index contributed by atoms with van der Waals surface area (Å²) in [5.74, 6) is -0.245. The number of carbonyl (C=O) groups excluding carboxylic acids is 1. The van der Waals surface area contributed by atoms with Gasteiger partial charge in [0.05, 0.1) is 5.52 Å². The second-order valence-electron chi connectivity index (χ2n) is 5.25. The zero-order valence-corrected chi connectivity index (χ0v) is 13.8. The van der Waals surface area contributed by atoms with Gasteiger partial charge in [0.25, 0.3) is 5.56 Å². The van der Waals surface area contributed by atoms with E-state index in [1.54, 1.807) is 5.38 Å². The highest BCUT2D eigenvalue weighted by molar-refractivity contribution is 7.04. The molecule has 0 aliphatic carbocycles. The van der Waals surface area contributed by atoms with Crippen LogP contribution in [0.1, 0.15) is 33.6 Å². The Morgan fingerprint density at radius 3 is 2.73 bits per heavy atom. The summed E-state index contributed by atoms with van der Waals surface area (Å²) in [5, 5.41) is 4.46. The Labute approximate surface area is 131 Å². The minimum Gasteiger partial charge on any atom is -0.352 e. The van der Waals surface area contributed by atoms with Gasteiger partial charge in [-0.3, -0.25) is 18.7 Å². The molecule has 2 aromatic heterocycles. The summed E-state index contributed by atoms with van der Waals surface area (Å²) in [4.78, 5) is 36.8. The maximum Gasteiger partial charge on any atom is 0.332 e. The SMILES string of the molecule is CCCn1c(=O)c2nscc2n(CC(=O)NC(C)CC)c1=O. The van der Waals surface area contributed by atoms with Crippen LogP contribution in [0.15, 0.2) is 15.0 Å². The first-order chi connectivity index (χ1) is 10.5. The van der Waals surface area contributed by atoms with Crippen LogP contribution in [-0.2, 0) is 17.9 Å². The molecule has 0 radical (unpaired) electrons. The first-order valence-corrected chi connectivity index (χ1v) is 8.20. The van der Waals surface area contributed by atoms with Gasteiger partial charge in [0, 0.05) is 18.0 Å². The van der Waals surface area contributed by atoms with Crippen LogP contribution in [0.5, 0.6) is 0 Å².